The maximum absolute atomic E-state index is 12.9. The van der Waals surface area contributed by atoms with Gasteiger partial charge in [0.1, 0.15) is 16.8 Å². The third kappa shape index (κ3) is 3.90. The quantitative estimate of drug-likeness (QED) is 0.279. The Balaban J connectivity index is 1.42. The van der Waals surface area contributed by atoms with Crippen LogP contribution in [0.15, 0.2) is 77.2 Å². The van der Waals surface area contributed by atoms with E-state index in [1.54, 1.807) is 36.0 Å². The number of aromatic nitrogens is 3. The molecule has 168 valence electrons. The number of nitrogens with one attached hydrogen (secondary N) is 1. The number of para-hydroxylation sites is 1. The first-order valence-electron chi connectivity index (χ1n) is 10.5. The number of carbonyl (C=O) groups excluding carboxylic acids is 1. The number of aryl methyl sites for hydroxylation is 2. The molecule has 1 amide bonds. The Bertz CT molecular complexity index is 1550. The number of nitro benzene ring substituents is 1. The van der Waals surface area contributed by atoms with E-state index in [1.165, 1.54) is 12.1 Å². The molecular formula is C25H19N5O4. The molecule has 0 aliphatic heterocycles. The Morgan fingerprint density at radius 2 is 1.71 bits per heavy atom. The lowest BCUT2D eigenvalue weighted by atomic mass is 10.1. The van der Waals surface area contributed by atoms with E-state index in [2.05, 4.69) is 15.5 Å². The normalized spacial score (nSPS) is 11.0. The number of hydrogen-bond donors (Lipinski definition) is 1. The molecule has 1 N–H and O–H groups in total. The van der Waals surface area contributed by atoms with Crippen LogP contribution in [0.1, 0.15) is 21.7 Å². The summed E-state index contributed by atoms with van der Waals surface area (Å²) in [7, 11) is 0. The van der Waals surface area contributed by atoms with Gasteiger partial charge in [-0.15, -0.1) is 10.2 Å². The summed E-state index contributed by atoms with van der Waals surface area (Å²) < 4.78 is 5.68. The average molecular weight is 453 g/mol. The van der Waals surface area contributed by atoms with E-state index < -0.39 is 10.8 Å². The summed E-state index contributed by atoms with van der Waals surface area (Å²) in [5, 5.41) is 23.3. The zero-order valence-corrected chi connectivity index (χ0v) is 18.4. The molecule has 2 aromatic heterocycles. The third-order valence-corrected chi connectivity index (χ3v) is 5.41. The van der Waals surface area contributed by atoms with Crippen LogP contribution in [0.5, 0.6) is 0 Å². The van der Waals surface area contributed by atoms with Crippen LogP contribution in [-0.2, 0) is 0 Å². The Morgan fingerprint density at radius 3 is 2.44 bits per heavy atom. The van der Waals surface area contributed by atoms with Crippen LogP contribution in [0, 0.1) is 24.0 Å². The first kappa shape index (κ1) is 21.1. The zero-order valence-electron chi connectivity index (χ0n) is 18.4. The van der Waals surface area contributed by atoms with Gasteiger partial charge in [0, 0.05) is 11.8 Å². The summed E-state index contributed by atoms with van der Waals surface area (Å²) in [6.45, 7) is 3.63. The van der Waals surface area contributed by atoms with Crippen LogP contribution in [0.25, 0.3) is 28.0 Å². The van der Waals surface area contributed by atoms with Gasteiger partial charge in [-0.3, -0.25) is 14.9 Å². The molecule has 0 spiro atoms. The van der Waals surface area contributed by atoms with Crippen molar-refractivity contribution >= 4 is 28.3 Å². The van der Waals surface area contributed by atoms with E-state index in [9.17, 15) is 14.9 Å². The van der Waals surface area contributed by atoms with Crippen LogP contribution < -0.4 is 5.32 Å². The van der Waals surface area contributed by atoms with Gasteiger partial charge in [0.05, 0.1) is 16.2 Å². The highest BCUT2D eigenvalue weighted by molar-refractivity contribution is 6.04. The summed E-state index contributed by atoms with van der Waals surface area (Å²) in [6.07, 6.45) is 0. The molecule has 0 unspecified atom stereocenters. The lowest BCUT2D eigenvalue weighted by molar-refractivity contribution is -0.384. The molecule has 9 heteroatoms. The summed E-state index contributed by atoms with van der Waals surface area (Å²) >= 11 is 0. The summed E-state index contributed by atoms with van der Waals surface area (Å²) in [5.41, 5.74) is 4.52. The number of nitrogens with zero attached hydrogens (tertiary/aromatic N) is 4. The van der Waals surface area contributed by atoms with Gasteiger partial charge in [0.25, 0.3) is 11.6 Å². The molecule has 2 heterocycles. The maximum atomic E-state index is 12.9. The van der Waals surface area contributed by atoms with Gasteiger partial charge in [-0.05, 0) is 67.4 Å². The molecule has 0 radical (unpaired) electrons. The minimum absolute atomic E-state index is 0.0392. The van der Waals surface area contributed by atoms with Crippen LogP contribution in [-0.4, -0.2) is 25.8 Å². The fraction of sp³-hybridized carbons (Fsp3) is 0.0800. The Kier molecular flexibility index (Phi) is 5.14. The fourth-order valence-electron chi connectivity index (χ4n) is 3.67. The fourth-order valence-corrected chi connectivity index (χ4v) is 3.67. The first-order chi connectivity index (χ1) is 16.4. The lowest BCUT2D eigenvalue weighted by Gasteiger charge is -2.06. The number of anilines is 1. The number of nitro groups is 1. The second-order valence-corrected chi connectivity index (χ2v) is 7.88. The minimum Gasteiger partial charge on any atom is -0.451 e. The van der Waals surface area contributed by atoms with Gasteiger partial charge in [0.15, 0.2) is 5.76 Å². The summed E-state index contributed by atoms with van der Waals surface area (Å²) in [6, 6.07) is 21.0. The molecular weight excluding hydrogens is 434 g/mol. The molecule has 0 bridgehead atoms. The van der Waals surface area contributed by atoms with Crippen molar-refractivity contribution in [1.29, 1.82) is 0 Å². The van der Waals surface area contributed by atoms with Crippen molar-refractivity contribution in [3.63, 3.8) is 0 Å². The molecule has 34 heavy (non-hydrogen) atoms. The minimum atomic E-state index is -0.473. The second-order valence-electron chi connectivity index (χ2n) is 7.88. The van der Waals surface area contributed by atoms with E-state index >= 15 is 0 Å². The topological polar surface area (TPSA) is 116 Å². The molecule has 0 saturated carbocycles. The molecule has 0 saturated heterocycles. The Hall–Kier alpha value is -4.79. The Morgan fingerprint density at radius 1 is 0.971 bits per heavy atom. The van der Waals surface area contributed by atoms with Crippen LogP contribution in [0.3, 0.4) is 0 Å². The highest BCUT2D eigenvalue weighted by Gasteiger charge is 2.21. The smallest absolute Gasteiger partial charge is 0.291 e. The van der Waals surface area contributed by atoms with E-state index in [4.69, 9.17) is 4.42 Å². The van der Waals surface area contributed by atoms with Crippen molar-refractivity contribution in [3.05, 3.63) is 99.8 Å². The molecule has 5 aromatic rings. The first-order valence-corrected chi connectivity index (χ1v) is 10.5. The van der Waals surface area contributed by atoms with E-state index in [0.29, 0.717) is 22.3 Å². The van der Waals surface area contributed by atoms with E-state index in [0.717, 1.165) is 16.8 Å². The second kappa shape index (κ2) is 8.28. The van der Waals surface area contributed by atoms with Gasteiger partial charge in [-0.2, -0.15) is 4.80 Å². The van der Waals surface area contributed by atoms with Gasteiger partial charge in [0.2, 0.25) is 0 Å². The number of carbonyl (C=O) groups is 1. The molecule has 0 aliphatic carbocycles. The largest absolute Gasteiger partial charge is 0.451 e. The van der Waals surface area contributed by atoms with Gasteiger partial charge in [-0.25, -0.2) is 0 Å². The van der Waals surface area contributed by atoms with Crippen LogP contribution in [0.2, 0.25) is 0 Å². The van der Waals surface area contributed by atoms with Crippen molar-refractivity contribution in [2.24, 2.45) is 0 Å². The monoisotopic (exact) mass is 453 g/mol. The Labute approximate surface area is 193 Å². The predicted molar refractivity (Wildman–Crippen MR) is 127 cm³/mol. The molecule has 5 rings (SSSR count). The number of benzene rings is 3. The average Bonchev–Trinajstić information content (AvgIpc) is 3.47. The number of amides is 1. The van der Waals surface area contributed by atoms with Crippen molar-refractivity contribution in [3.8, 4) is 17.0 Å². The van der Waals surface area contributed by atoms with Gasteiger partial charge in [-0.1, -0.05) is 24.3 Å². The van der Waals surface area contributed by atoms with E-state index in [-0.39, 0.29) is 17.2 Å². The highest BCUT2D eigenvalue weighted by atomic mass is 16.6. The zero-order chi connectivity index (χ0) is 23.8. The molecule has 0 fully saturated rings. The van der Waals surface area contributed by atoms with Crippen molar-refractivity contribution in [2.75, 3.05) is 5.32 Å². The molecule has 0 aliphatic rings. The number of rotatable bonds is 5. The van der Waals surface area contributed by atoms with Crippen molar-refractivity contribution in [1.82, 2.24) is 15.0 Å². The summed E-state index contributed by atoms with van der Waals surface area (Å²) in [4.78, 5) is 25.4. The maximum Gasteiger partial charge on any atom is 0.291 e. The van der Waals surface area contributed by atoms with Crippen molar-refractivity contribution < 1.29 is 14.1 Å². The number of fused-ring (bicyclic) bond motifs is 1. The molecule has 0 atom stereocenters. The molecule has 9 nitrogen and oxygen atoms in total. The highest BCUT2D eigenvalue weighted by Crippen LogP contribution is 2.32. The third-order valence-electron chi connectivity index (χ3n) is 5.41. The summed E-state index contributed by atoms with van der Waals surface area (Å²) in [5.74, 6) is -0.189. The van der Waals surface area contributed by atoms with Crippen LogP contribution >= 0.6 is 0 Å². The van der Waals surface area contributed by atoms with Gasteiger partial charge < -0.3 is 9.73 Å². The standard InChI is InChI=1S/C25H19N5O4/c1-15-8-9-18(22(12-15)30(32)33)23-10-11-24(34-23)25(31)26-19-14-21-20(13-16(19)2)27-29(28-21)17-6-4-3-5-7-17/h3-14H,1-2H3,(H,26,31). The number of hydrogen-bond acceptors (Lipinski definition) is 6. The molecule has 3 aromatic carbocycles. The van der Waals surface area contributed by atoms with Crippen molar-refractivity contribution in [2.45, 2.75) is 13.8 Å². The number of furan rings is 1. The predicted octanol–water partition coefficient (Wildman–Crippen LogP) is 5.46. The van der Waals surface area contributed by atoms with E-state index in [1.807, 2.05) is 43.3 Å². The lowest BCUT2D eigenvalue weighted by Crippen LogP contribution is -2.11. The SMILES string of the molecule is Cc1ccc(-c2ccc(C(=O)Nc3cc4nn(-c5ccccc5)nc4cc3C)o2)c([N+](=O)[O-])c1. The van der Waals surface area contributed by atoms with Gasteiger partial charge >= 0.3 is 0 Å². The van der Waals surface area contributed by atoms with Crippen LogP contribution in [0.4, 0.5) is 11.4 Å².